The number of hydrazine groups is 1. The number of hydrogen-bond donors (Lipinski definition) is 2. The molecule has 2 N–H and O–H groups in total. The maximum Gasteiger partial charge on any atom is 0.270 e. The van der Waals surface area contributed by atoms with Gasteiger partial charge in [-0.15, -0.1) is 0 Å². The van der Waals surface area contributed by atoms with Gasteiger partial charge >= 0.3 is 0 Å². The Hall–Kier alpha value is -2.37. The lowest BCUT2D eigenvalue weighted by molar-refractivity contribution is -0.144. The Morgan fingerprint density at radius 3 is 2.33 bits per heavy atom. The average Bonchev–Trinajstić information content (AvgIpc) is 2.78. The number of imide groups is 1. The summed E-state index contributed by atoms with van der Waals surface area (Å²) in [5.41, 5.74) is 1.11. The summed E-state index contributed by atoms with van der Waals surface area (Å²) in [4.78, 5) is 38.3. The second-order valence-corrected chi connectivity index (χ2v) is 7.89. The molecule has 3 aliphatic rings. The van der Waals surface area contributed by atoms with Crippen LogP contribution in [0.15, 0.2) is 24.3 Å². The van der Waals surface area contributed by atoms with Crippen molar-refractivity contribution in [2.24, 2.45) is 22.2 Å². The van der Waals surface area contributed by atoms with Crippen LogP contribution < -0.4 is 5.43 Å². The van der Waals surface area contributed by atoms with Crippen molar-refractivity contribution in [3.05, 3.63) is 29.8 Å². The number of carbonyl (C=O) groups is 3. The van der Waals surface area contributed by atoms with Gasteiger partial charge in [-0.3, -0.25) is 19.8 Å². The molecule has 1 aromatic rings. The summed E-state index contributed by atoms with van der Waals surface area (Å²) < 4.78 is 0. The normalized spacial score (nSPS) is 35.6. The van der Waals surface area contributed by atoms with Gasteiger partial charge in [-0.05, 0) is 55.4 Å². The van der Waals surface area contributed by atoms with E-state index in [0.29, 0.717) is 6.42 Å². The van der Waals surface area contributed by atoms with Gasteiger partial charge < -0.3 is 5.11 Å². The number of phenolic OH excluding ortho intramolecular Hbond substituents is 1. The number of aromatic hydroxyl groups is 1. The van der Waals surface area contributed by atoms with Crippen molar-refractivity contribution < 1.29 is 19.5 Å². The SMILES string of the molecule is CC1(C)[C@@H]2CC[C@]3(C)C(=O)N(NC(=O)c4ccc(O)cc4)C(=O)[C@@]213. The lowest BCUT2D eigenvalue weighted by Crippen LogP contribution is -2.47. The molecule has 1 saturated heterocycles. The van der Waals surface area contributed by atoms with Crippen molar-refractivity contribution in [3.63, 3.8) is 0 Å². The molecule has 3 atom stereocenters. The first kappa shape index (κ1) is 15.2. The highest BCUT2D eigenvalue weighted by molar-refractivity contribution is 6.14. The molecule has 0 radical (unpaired) electrons. The predicted octanol–water partition coefficient (Wildman–Crippen LogP) is 1.85. The topological polar surface area (TPSA) is 86.7 Å². The molecule has 1 aliphatic heterocycles. The molecule has 6 nitrogen and oxygen atoms in total. The molecule has 3 fully saturated rings. The molecule has 3 amide bonds. The first-order chi connectivity index (χ1) is 11.2. The van der Waals surface area contributed by atoms with Crippen LogP contribution in [0.2, 0.25) is 0 Å². The molecule has 0 unspecified atom stereocenters. The number of nitrogens with one attached hydrogen (secondary N) is 1. The van der Waals surface area contributed by atoms with E-state index in [1.54, 1.807) is 0 Å². The number of benzene rings is 1. The second kappa shape index (κ2) is 4.18. The summed E-state index contributed by atoms with van der Waals surface area (Å²) in [5, 5.41) is 10.2. The van der Waals surface area contributed by atoms with Crippen LogP contribution >= 0.6 is 0 Å². The molecular formula is C18H20N2O4. The third kappa shape index (κ3) is 1.41. The highest BCUT2D eigenvalue weighted by atomic mass is 16.3. The molecule has 24 heavy (non-hydrogen) atoms. The van der Waals surface area contributed by atoms with Gasteiger partial charge in [0.2, 0.25) is 0 Å². The second-order valence-electron chi connectivity index (χ2n) is 7.89. The molecule has 1 aromatic carbocycles. The van der Waals surface area contributed by atoms with Crippen LogP contribution in [0, 0.1) is 22.2 Å². The van der Waals surface area contributed by atoms with Crippen molar-refractivity contribution in [3.8, 4) is 5.75 Å². The maximum absolute atomic E-state index is 13.1. The van der Waals surface area contributed by atoms with Gasteiger partial charge in [-0.1, -0.05) is 13.8 Å². The van der Waals surface area contributed by atoms with E-state index >= 15 is 0 Å². The first-order valence-corrected chi connectivity index (χ1v) is 8.17. The van der Waals surface area contributed by atoms with Crippen molar-refractivity contribution >= 4 is 17.7 Å². The number of rotatable bonds is 2. The molecule has 6 heteroatoms. The summed E-state index contributed by atoms with van der Waals surface area (Å²) in [6.45, 7) is 5.92. The van der Waals surface area contributed by atoms with Crippen molar-refractivity contribution in [1.82, 2.24) is 10.4 Å². The van der Waals surface area contributed by atoms with Crippen LogP contribution in [0.4, 0.5) is 0 Å². The Kier molecular flexibility index (Phi) is 2.64. The van der Waals surface area contributed by atoms with Gasteiger partial charge in [0.1, 0.15) is 5.75 Å². The smallest absolute Gasteiger partial charge is 0.270 e. The Labute approximate surface area is 139 Å². The van der Waals surface area contributed by atoms with E-state index in [4.69, 9.17) is 0 Å². The average molecular weight is 328 g/mol. The molecule has 1 heterocycles. The van der Waals surface area contributed by atoms with Gasteiger partial charge in [-0.25, -0.2) is 0 Å². The molecule has 0 bridgehead atoms. The summed E-state index contributed by atoms with van der Waals surface area (Å²) in [5.74, 6) is -0.889. The summed E-state index contributed by atoms with van der Waals surface area (Å²) >= 11 is 0. The maximum atomic E-state index is 13.1. The highest BCUT2D eigenvalue weighted by Gasteiger charge is 2.90. The van der Waals surface area contributed by atoms with Crippen LogP contribution in [-0.4, -0.2) is 27.8 Å². The minimum atomic E-state index is -0.736. The van der Waals surface area contributed by atoms with Crippen molar-refractivity contribution in [2.45, 2.75) is 33.6 Å². The zero-order chi connectivity index (χ0) is 17.5. The van der Waals surface area contributed by atoms with Crippen molar-refractivity contribution in [2.75, 3.05) is 0 Å². The van der Waals surface area contributed by atoms with Crippen LogP contribution in [0.1, 0.15) is 44.0 Å². The number of hydrogen-bond acceptors (Lipinski definition) is 4. The van der Waals surface area contributed by atoms with Gasteiger partial charge in [0.15, 0.2) is 0 Å². The quantitative estimate of drug-likeness (QED) is 0.811. The first-order valence-electron chi connectivity index (χ1n) is 8.17. The van der Waals surface area contributed by atoms with Crippen LogP contribution in [0.5, 0.6) is 5.75 Å². The lowest BCUT2D eigenvalue weighted by atomic mass is 9.71. The molecule has 4 rings (SSSR count). The zero-order valence-electron chi connectivity index (χ0n) is 13.9. The molecule has 126 valence electrons. The predicted molar refractivity (Wildman–Crippen MR) is 84.5 cm³/mol. The molecule has 2 aliphatic carbocycles. The zero-order valence-corrected chi connectivity index (χ0v) is 13.9. The summed E-state index contributed by atoms with van der Waals surface area (Å²) in [7, 11) is 0. The van der Waals surface area contributed by atoms with Crippen LogP contribution in [0.3, 0.4) is 0 Å². The molecule has 0 aromatic heterocycles. The summed E-state index contributed by atoms with van der Waals surface area (Å²) in [6.07, 6.45) is 1.55. The third-order valence-corrected chi connectivity index (χ3v) is 6.69. The van der Waals surface area contributed by atoms with E-state index in [2.05, 4.69) is 5.43 Å². The largest absolute Gasteiger partial charge is 0.508 e. The fraction of sp³-hybridized carbons (Fsp3) is 0.500. The van der Waals surface area contributed by atoms with Gasteiger partial charge in [0, 0.05) is 5.56 Å². The fourth-order valence-corrected chi connectivity index (χ4v) is 5.51. The summed E-state index contributed by atoms with van der Waals surface area (Å²) in [6, 6.07) is 5.66. The van der Waals surface area contributed by atoms with Crippen molar-refractivity contribution in [1.29, 1.82) is 0 Å². The minimum absolute atomic E-state index is 0.0448. The van der Waals surface area contributed by atoms with Gasteiger partial charge in [0.05, 0.1) is 10.8 Å². The monoisotopic (exact) mass is 328 g/mol. The third-order valence-electron chi connectivity index (χ3n) is 6.69. The number of phenols is 1. The Balaban J connectivity index is 1.64. The minimum Gasteiger partial charge on any atom is -0.508 e. The molecule has 2 saturated carbocycles. The number of carbonyl (C=O) groups excluding carboxylic acids is 3. The van der Waals surface area contributed by atoms with E-state index < -0.39 is 16.7 Å². The number of amides is 3. The van der Waals surface area contributed by atoms with Gasteiger partial charge in [0.25, 0.3) is 17.7 Å². The Morgan fingerprint density at radius 1 is 1.17 bits per heavy atom. The van der Waals surface area contributed by atoms with E-state index in [0.717, 1.165) is 11.4 Å². The van der Waals surface area contributed by atoms with E-state index in [9.17, 15) is 19.5 Å². The van der Waals surface area contributed by atoms with E-state index in [-0.39, 0.29) is 34.5 Å². The molecule has 1 spiro atoms. The van der Waals surface area contributed by atoms with Crippen LogP contribution in [-0.2, 0) is 9.59 Å². The lowest BCUT2D eigenvalue weighted by Gasteiger charge is -2.27. The molecular weight excluding hydrogens is 308 g/mol. The standard InChI is InChI=1S/C18H20N2O4/c1-16(2)12-8-9-17(3)14(23)20(15(24)18(12,16)17)19-13(22)10-4-6-11(21)7-5-10/h4-7,12,21H,8-9H2,1-3H3,(H,19,22)/t12-,17+,18-/m0/s1. The van der Waals surface area contributed by atoms with E-state index in [1.807, 2.05) is 20.8 Å². The van der Waals surface area contributed by atoms with Crippen LogP contribution in [0.25, 0.3) is 0 Å². The fourth-order valence-electron chi connectivity index (χ4n) is 5.51. The Morgan fingerprint density at radius 2 is 1.79 bits per heavy atom. The van der Waals surface area contributed by atoms with Gasteiger partial charge in [-0.2, -0.15) is 5.01 Å². The Bertz CT molecular complexity index is 785. The highest BCUT2D eigenvalue weighted by Crippen LogP contribution is 2.85. The number of nitrogens with zero attached hydrogens (tertiary/aromatic N) is 1. The van der Waals surface area contributed by atoms with E-state index in [1.165, 1.54) is 24.3 Å².